The van der Waals surface area contributed by atoms with Gasteiger partial charge in [-0.25, -0.2) is 0 Å². The topological polar surface area (TPSA) is 50.4 Å². The highest BCUT2D eigenvalue weighted by Crippen LogP contribution is 2.00. The lowest BCUT2D eigenvalue weighted by molar-refractivity contribution is 0.944. The monoisotopic (exact) mass is 199 g/mol. The summed E-state index contributed by atoms with van der Waals surface area (Å²) in [6, 6.07) is 0. The van der Waals surface area contributed by atoms with Crippen LogP contribution in [0.25, 0.3) is 0 Å². The lowest BCUT2D eigenvalue weighted by atomic mass is 10.2. The number of hydrogen-bond acceptors (Lipinski definition) is 2. The average Bonchev–Trinajstić information content (AvgIpc) is 2.10. The zero-order valence-electron chi connectivity index (χ0n) is 8.21. The van der Waals surface area contributed by atoms with Gasteiger partial charge in [0.15, 0.2) is 5.11 Å². The summed E-state index contributed by atoms with van der Waals surface area (Å²) in [4.78, 5) is 0. The molecule has 0 saturated carbocycles. The van der Waals surface area contributed by atoms with Gasteiger partial charge in [-0.15, -0.1) is 0 Å². The lowest BCUT2D eigenvalue weighted by Crippen LogP contribution is -2.24. The molecule has 0 unspecified atom stereocenters. The average molecular weight is 199 g/mol. The smallest absolute Gasteiger partial charge is 0.184 e. The van der Waals surface area contributed by atoms with Gasteiger partial charge < -0.3 is 5.73 Å². The van der Waals surface area contributed by atoms with Gasteiger partial charge in [-0.1, -0.05) is 26.3 Å². The highest BCUT2D eigenvalue weighted by molar-refractivity contribution is 7.80. The summed E-state index contributed by atoms with van der Waals surface area (Å²) in [5, 5.41) is 4.08. The fourth-order valence-electron chi connectivity index (χ4n) is 0.797. The van der Waals surface area contributed by atoms with Gasteiger partial charge in [0.2, 0.25) is 0 Å². The van der Waals surface area contributed by atoms with E-state index in [1.165, 1.54) is 5.57 Å². The molecule has 0 heterocycles. The van der Waals surface area contributed by atoms with Crippen molar-refractivity contribution in [3.8, 4) is 0 Å². The summed E-state index contributed by atoms with van der Waals surface area (Å²) in [6.07, 6.45) is 7.14. The maximum atomic E-state index is 5.21. The molecule has 0 aromatic rings. The van der Waals surface area contributed by atoms with Gasteiger partial charge >= 0.3 is 0 Å². The van der Waals surface area contributed by atoms with Crippen molar-refractivity contribution in [2.75, 3.05) is 0 Å². The van der Waals surface area contributed by atoms with Crippen LogP contribution in [0.3, 0.4) is 0 Å². The molecule has 0 aromatic carbocycles. The normalized spacial score (nSPS) is 12.0. The maximum Gasteiger partial charge on any atom is 0.184 e. The third-order valence-electron chi connectivity index (χ3n) is 1.51. The van der Waals surface area contributed by atoms with E-state index in [2.05, 4.69) is 42.7 Å². The molecule has 13 heavy (non-hydrogen) atoms. The molecule has 0 radical (unpaired) electrons. The van der Waals surface area contributed by atoms with E-state index in [1.807, 2.05) is 0 Å². The van der Waals surface area contributed by atoms with E-state index in [1.54, 1.807) is 6.21 Å². The number of rotatable bonds is 5. The second-order valence-corrected chi connectivity index (χ2v) is 3.10. The van der Waals surface area contributed by atoms with Crippen LogP contribution in [-0.4, -0.2) is 11.3 Å². The van der Waals surface area contributed by atoms with Crippen LogP contribution in [0.5, 0.6) is 0 Å². The van der Waals surface area contributed by atoms with E-state index in [-0.39, 0.29) is 5.11 Å². The van der Waals surface area contributed by atoms with Crippen molar-refractivity contribution >= 4 is 23.5 Å². The van der Waals surface area contributed by atoms with E-state index in [4.69, 9.17) is 5.73 Å². The number of nitrogens with two attached hydrogens (primary N) is 1. The van der Waals surface area contributed by atoms with Crippen LogP contribution >= 0.6 is 12.2 Å². The quantitative estimate of drug-likeness (QED) is 0.404. The largest absolute Gasteiger partial charge is 0.375 e. The van der Waals surface area contributed by atoms with Gasteiger partial charge in [-0.3, -0.25) is 5.43 Å². The summed E-state index contributed by atoms with van der Waals surface area (Å²) < 4.78 is 0. The van der Waals surface area contributed by atoms with Gasteiger partial charge in [0.05, 0.1) is 6.21 Å². The molecule has 0 spiro atoms. The number of nitrogens with one attached hydrogen (secondary N) is 1. The third-order valence-corrected chi connectivity index (χ3v) is 1.60. The zero-order valence-corrected chi connectivity index (χ0v) is 9.03. The van der Waals surface area contributed by atoms with Crippen LogP contribution in [0.2, 0.25) is 0 Å². The summed E-state index contributed by atoms with van der Waals surface area (Å²) in [7, 11) is 0. The molecule has 0 aliphatic rings. The van der Waals surface area contributed by atoms with Crippen molar-refractivity contribution in [2.24, 2.45) is 10.8 Å². The summed E-state index contributed by atoms with van der Waals surface area (Å²) >= 11 is 4.60. The minimum absolute atomic E-state index is 0.196. The molecular formula is C9H17N3S. The van der Waals surface area contributed by atoms with Crippen LogP contribution in [0.15, 0.2) is 16.8 Å². The second kappa shape index (κ2) is 7.73. The molecule has 0 saturated heterocycles. The first-order valence-electron chi connectivity index (χ1n) is 4.48. The van der Waals surface area contributed by atoms with E-state index < -0.39 is 0 Å². The number of unbranched alkanes of at least 4 members (excludes halogenated alkanes) is 1. The van der Waals surface area contributed by atoms with Crippen LogP contribution < -0.4 is 11.2 Å². The van der Waals surface area contributed by atoms with Gasteiger partial charge in [0, 0.05) is 0 Å². The molecule has 0 rings (SSSR count). The van der Waals surface area contributed by atoms with Crippen molar-refractivity contribution in [2.45, 2.75) is 33.1 Å². The van der Waals surface area contributed by atoms with Crippen molar-refractivity contribution in [1.82, 2.24) is 5.43 Å². The Balaban J connectivity index is 3.96. The van der Waals surface area contributed by atoms with E-state index in [0.29, 0.717) is 0 Å². The third kappa shape index (κ3) is 7.46. The molecule has 4 heteroatoms. The molecule has 0 aliphatic carbocycles. The molecule has 0 atom stereocenters. The van der Waals surface area contributed by atoms with E-state index in [9.17, 15) is 0 Å². The molecular weight excluding hydrogens is 182 g/mol. The van der Waals surface area contributed by atoms with Crippen LogP contribution in [0.4, 0.5) is 0 Å². The van der Waals surface area contributed by atoms with Gasteiger partial charge in [0.25, 0.3) is 0 Å². The summed E-state index contributed by atoms with van der Waals surface area (Å²) in [6.45, 7) is 4.24. The van der Waals surface area contributed by atoms with Crippen molar-refractivity contribution in [3.05, 3.63) is 11.6 Å². The Morgan fingerprint density at radius 3 is 2.69 bits per heavy atom. The zero-order chi connectivity index (χ0) is 10.1. The standard InChI is InChI=1S/C9H17N3S/c1-3-5-6-8(4-2)7-11-12-9(10)13/h6-7H,3-5H2,1-2H3,(H3,10,12,13). The molecule has 3 N–H and O–H groups in total. The molecule has 0 amide bonds. The van der Waals surface area contributed by atoms with Crippen LogP contribution in [0, 0.1) is 0 Å². The number of nitrogens with zero attached hydrogens (tertiary/aromatic N) is 1. The summed E-state index contributed by atoms with van der Waals surface area (Å²) in [5.74, 6) is 0. The highest BCUT2D eigenvalue weighted by Gasteiger charge is 1.88. The fourth-order valence-corrected chi connectivity index (χ4v) is 0.850. The molecule has 0 aliphatic heterocycles. The first-order chi connectivity index (χ1) is 6.20. The van der Waals surface area contributed by atoms with Gasteiger partial charge in [-0.2, -0.15) is 5.10 Å². The van der Waals surface area contributed by atoms with E-state index >= 15 is 0 Å². The van der Waals surface area contributed by atoms with Gasteiger partial charge in [0.1, 0.15) is 0 Å². The number of allylic oxidation sites excluding steroid dienone is 2. The predicted octanol–water partition coefficient (Wildman–Crippen LogP) is 1.94. The first kappa shape index (κ1) is 12.1. The maximum absolute atomic E-state index is 5.21. The minimum Gasteiger partial charge on any atom is -0.375 e. The second-order valence-electron chi connectivity index (χ2n) is 2.66. The molecule has 74 valence electrons. The Bertz CT molecular complexity index is 209. The van der Waals surface area contributed by atoms with Gasteiger partial charge in [-0.05, 0) is 30.6 Å². The first-order valence-corrected chi connectivity index (χ1v) is 4.89. The number of hydrazone groups is 1. The molecule has 0 bridgehead atoms. The highest BCUT2D eigenvalue weighted by atomic mass is 32.1. The minimum atomic E-state index is 0.196. The SMILES string of the molecule is CCCC=C(C=NNC(N)=S)CC. The Kier molecular flexibility index (Phi) is 7.20. The Morgan fingerprint density at radius 2 is 2.23 bits per heavy atom. The Hall–Kier alpha value is -0.900. The number of hydrogen-bond donors (Lipinski definition) is 2. The van der Waals surface area contributed by atoms with Crippen LogP contribution in [-0.2, 0) is 0 Å². The van der Waals surface area contributed by atoms with Crippen molar-refractivity contribution in [1.29, 1.82) is 0 Å². The van der Waals surface area contributed by atoms with Crippen LogP contribution in [0.1, 0.15) is 33.1 Å². The number of thiocarbonyl (C=S) groups is 1. The van der Waals surface area contributed by atoms with E-state index in [0.717, 1.165) is 19.3 Å². The predicted molar refractivity (Wildman–Crippen MR) is 61.7 cm³/mol. The summed E-state index contributed by atoms with van der Waals surface area (Å²) in [5.41, 5.74) is 8.93. The van der Waals surface area contributed by atoms with Crippen molar-refractivity contribution in [3.63, 3.8) is 0 Å². The fraction of sp³-hybridized carbons (Fsp3) is 0.556. The molecule has 0 fully saturated rings. The Morgan fingerprint density at radius 1 is 1.54 bits per heavy atom. The molecule has 0 aromatic heterocycles. The lowest BCUT2D eigenvalue weighted by Gasteiger charge is -1.97. The molecule has 3 nitrogen and oxygen atoms in total. The Labute approximate surface area is 85.1 Å². The van der Waals surface area contributed by atoms with Crippen molar-refractivity contribution < 1.29 is 0 Å².